The second kappa shape index (κ2) is 13.2. The molecule has 0 aromatic rings. The summed E-state index contributed by atoms with van der Waals surface area (Å²) < 4.78 is 29.9. The lowest BCUT2D eigenvalue weighted by Crippen LogP contribution is -2.67. The van der Waals surface area contributed by atoms with Crippen molar-refractivity contribution >= 4 is 0 Å². The maximum absolute atomic E-state index is 11.2. The number of rotatable bonds is 8. The Kier molecular flexibility index (Phi) is 10.7. The van der Waals surface area contributed by atoms with E-state index in [1.807, 2.05) is 13.8 Å². The molecular weight excluding hydrogens is 544 g/mol. The average Bonchev–Trinajstić information content (AvgIpc) is 3.21. The van der Waals surface area contributed by atoms with Gasteiger partial charge in [0.05, 0.1) is 37.1 Å². The summed E-state index contributed by atoms with van der Waals surface area (Å²) in [5, 5.41) is 52.9. The van der Waals surface area contributed by atoms with Gasteiger partial charge in [-0.25, -0.2) is 0 Å². The molecule has 0 aromatic carbocycles. The minimum atomic E-state index is -1.50. The first-order valence-electron chi connectivity index (χ1n) is 14.3. The molecule has 0 bridgehead atoms. The van der Waals surface area contributed by atoms with Crippen molar-refractivity contribution in [2.24, 2.45) is 40.3 Å². The van der Waals surface area contributed by atoms with Crippen LogP contribution in [0.2, 0.25) is 0 Å². The first-order valence-corrected chi connectivity index (χ1v) is 14.3. The molecule has 0 aromatic heterocycles. The van der Waals surface area contributed by atoms with E-state index in [0.29, 0.717) is 12.8 Å². The van der Waals surface area contributed by atoms with Crippen molar-refractivity contribution in [1.29, 1.82) is 0 Å². The van der Waals surface area contributed by atoms with Gasteiger partial charge in [0.15, 0.2) is 12.6 Å². The molecule has 1 unspecified atom stereocenters. The molecule has 16 nitrogen and oxygen atoms in total. The van der Waals surface area contributed by atoms with Crippen molar-refractivity contribution in [3.8, 4) is 0 Å². The Morgan fingerprint density at radius 3 is 2.00 bits per heavy atom. The zero-order chi connectivity index (χ0) is 30.4. The number of hydrogen-bond acceptors (Lipinski definition) is 16. The van der Waals surface area contributed by atoms with E-state index in [9.17, 15) is 25.5 Å². The highest BCUT2D eigenvalue weighted by Crippen LogP contribution is 2.39. The highest BCUT2D eigenvalue weighted by Gasteiger charge is 2.55. The molecule has 0 amide bonds. The number of ether oxygens (including phenoxy) is 5. The van der Waals surface area contributed by atoms with Gasteiger partial charge < -0.3 is 83.6 Å². The van der Waals surface area contributed by atoms with Crippen LogP contribution in [0.5, 0.6) is 0 Å². The third-order valence-corrected chi connectivity index (χ3v) is 8.94. The summed E-state index contributed by atoms with van der Waals surface area (Å²) >= 11 is 0. The molecule has 3 aliphatic heterocycles. The zero-order valence-corrected chi connectivity index (χ0v) is 23.6. The van der Waals surface area contributed by atoms with Crippen LogP contribution in [0, 0.1) is 5.92 Å². The van der Waals surface area contributed by atoms with Gasteiger partial charge in [-0.15, -0.1) is 0 Å². The second-order valence-corrected chi connectivity index (χ2v) is 12.5. The number of aliphatic hydroxyl groups excluding tert-OH is 5. The van der Waals surface area contributed by atoms with Crippen molar-refractivity contribution in [3.63, 3.8) is 0 Å². The molecular formula is C25H50N6O10. The summed E-state index contributed by atoms with van der Waals surface area (Å²) in [7, 11) is 0. The smallest absolute Gasteiger partial charge is 0.187 e. The Morgan fingerprint density at radius 1 is 0.756 bits per heavy atom. The largest absolute Gasteiger partial charge is 0.394 e. The molecule has 0 radical (unpaired) electrons. The topological polar surface area (TPSA) is 303 Å². The van der Waals surface area contributed by atoms with Crippen LogP contribution in [-0.4, -0.2) is 142 Å². The van der Waals surface area contributed by atoms with Crippen LogP contribution < -0.4 is 34.4 Å². The van der Waals surface area contributed by atoms with Crippen molar-refractivity contribution < 1.29 is 49.2 Å². The van der Waals surface area contributed by atoms with E-state index in [2.05, 4.69) is 0 Å². The Morgan fingerprint density at radius 2 is 1.39 bits per heavy atom. The molecule has 3 saturated heterocycles. The zero-order valence-electron chi connectivity index (χ0n) is 23.6. The molecule has 41 heavy (non-hydrogen) atoms. The van der Waals surface area contributed by atoms with E-state index in [-0.39, 0.29) is 19.1 Å². The monoisotopic (exact) mass is 594 g/mol. The fraction of sp³-hybridized carbons (Fsp3) is 1.00. The Balaban J connectivity index is 1.53. The lowest BCUT2D eigenvalue weighted by Gasteiger charge is -2.51. The summed E-state index contributed by atoms with van der Waals surface area (Å²) in [6.07, 6.45) is -11.9. The van der Waals surface area contributed by atoms with Crippen molar-refractivity contribution in [3.05, 3.63) is 0 Å². The van der Waals surface area contributed by atoms with Crippen LogP contribution in [0.3, 0.4) is 0 Å². The Labute approximate surface area is 239 Å². The molecule has 3 heterocycles. The van der Waals surface area contributed by atoms with Gasteiger partial charge in [-0.1, -0.05) is 0 Å². The summed E-state index contributed by atoms with van der Waals surface area (Å²) in [5.74, 6) is -0.634. The van der Waals surface area contributed by atoms with Gasteiger partial charge in [-0.3, -0.25) is 0 Å². The fourth-order valence-electron chi connectivity index (χ4n) is 6.43. The molecule has 17 N–H and O–H groups in total. The van der Waals surface area contributed by atoms with E-state index in [1.54, 1.807) is 0 Å². The van der Waals surface area contributed by atoms with Crippen molar-refractivity contribution in [2.45, 2.75) is 136 Å². The lowest BCUT2D eigenvalue weighted by molar-refractivity contribution is -0.280. The number of nitrogens with two attached hydrogens (primary N) is 6. The van der Waals surface area contributed by atoms with Crippen LogP contribution in [0.25, 0.3) is 0 Å². The van der Waals surface area contributed by atoms with E-state index in [1.165, 1.54) is 0 Å². The second-order valence-electron chi connectivity index (χ2n) is 12.5. The van der Waals surface area contributed by atoms with Gasteiger partial charge in [0.1, 0.15) is 36.6 Å². The maximum Gasteiger partial charge on any atom is 0.187 e. The van der Waals surface area contributed by atoms with Gasteiger partial charge >= 0.3 is 0 Å². The standard InChI is InChI=1S/C25H50N6O10/c1-25(2,31)13-4-3-8(27)20(39-13)14-9(28)5-10(29)16(33)22(14)41-24-19(36)21(12(7-32)38-24)40-23-15(30)18(35)17(34)11(6-26)37-23/h8-24,32-36H,3-7,26-31H2,1-2H3/t8-,9+,10-,11+,12-,13+,14+,15-,16+,17-,18-,19-,20?,21-,22+,23-,24+/m1/s1. The molecule has 240 valence electrons. The Bertz CT molecular complexity index is 856. The summed E-state index contributed by atoms with van der Waals surface area (Å²) in [6.45, 7) is 3.02. The van der Waals surface area contributed by atoms with Gasteiger partial charge in [-0.05, 0) is 33.1 Å². The molecule has 1 aliphatic carbocycles. The number of hydrogen-bond donors (Lipinski definition) is 11. The van der Waals surface area contributed by atoms with Crippen LogP contribution in [0.1, 0.15) is 33.1 Å². The molecule has 4 fully saturated rings. The van der Waals surface area contributed by atoms with Gasteiger partial charge in [0.2, 0.25) is 0 Å². The highest BCUT2D eigenvalue weighted by molar-refractivity contribution is 5.05. The molecule has 4 rings (SSSR count). The average molecular weight is 595 g/mol. The van der Waals surface area contributed by atoms with E-state index in [4.69, 9.17) is 58.1 Å². The molecule has 0 spiro atoms. The molecule has 17 atom stereocenters. The van der Waals surface area contributed by atoms with Crippen LogP contribution in [-0.2, 0) is 23.7 Å². The van der Waals surface area contributed by atoms with Crippen LogP contribution in [0.15, 0.2) is 0 Å². The van der Waals surface area contributed by atoms with Crippen LogP contribution in [0.4, 0.5) is 0 Å². The van der Waals surface area contributed by atoms with Gasteiger partial charge in [0, 0.05) is 36.1 Å². The molecule has 1 saturated carbocycles. The van der Waals surface area contributed by atoms with Crippen molar-refractivity contribution in [1.82, 2.24) is 0 Å². The highest BCUT2D eigenvalue weighted by atomic mass is 16.7. The van der Waals surface area contributed by atoms with E-state index >= 15 is 0 Å². The minimum Gasteiger partial charge on any atom is -0.394 e. The maximum atomic E-state index is 11.2. The van der Waals surface area contributed by atoms with Gasteiger partial charge in [0.25, 0.3) is 0 Å². The first kappa shape index (κ1) is 33.3. The predicted octanol–water partition coefficient (Wildman–Crippen LogP) is -5.78. The van der Waals surface area contributed by atoms with Crippen LogP contribution >= 0.6 is 0 Å². The first-order chi connectivity index (χ1) is 19.2. The quantitative estimate of drug-likeness (QED) is 0.125. The lowest BCUT2D eigenvalue weighted by atomic mass is 9.72. The third-order valence-electron chi connectivity index (χ3n) is 8.94. The van der Waals surface area contributed by atoms with Gasteiger partial charge in [-0.2, -0.15) is 0 Å². The normalized spacial score (nSPS) is 51.6. The molecule has 16 heteroatoms. The number of aliphatic hydroxyl groups is 5. The summed E-state index contributed by atoms with van der Waals surface area (Å²) in [5.41, 5.74) is 36.6. The summed E-state index contributed by atoms with van der Waals surface area (Å²) in [4.78, 5) is 0. The molecule has 4 aliphatic rings. The Hall–Kier alpha value is -0.640. The minimum absolute atomic E-state index is 0.126. The third kappa shape index (κ3) is 6.73. The summed E-state index contributed by atoms with van der Waals surface area (Å²) in [6, 6.07) is -2.91. The van der Waals surface area contributed by atoms with E-state index < -0.39 is 110 Å². The predicted molar refractivity (Wildman–Crippen MR) is 143 cm³/mol. The SMILES string of the molecule is CC(C)(N)[C@@H]1CC[C@@H](N)C([C@H]2[C@H](O[C@@H]3O[C@H](CO)[C@@H](O[C@H]4O[C@@H](CN)[C@@H](O)[C@H](O)[C@H]4N)[C@H]3O)[C@@H](O)[C@H](N)C[C@@H]2N)O1. The van der Waals surface area contributed by atoms with E-state index in [0.717, 1.165) is 0 Å². The van der Waals surface area contributed by atoms with Crippen molar-refractivity contribution in [2.75, 3.05) is 13.2 Å². The fourth-order valence-corrected chi connectivity index (χ4v) is 6.43.